The molecule has 0 saturated heterocycles. The Kier molecular flexibility index (Phi) is 3.18. The zero-order chi connectivity index (χ0) is 15.8. The van der Waals surface area contributed by atoms with Gasteiger partial charge in [-0.1, -0.05) is 32.4 Å². The molecule has 0 unspecified atom stereocenters. The molecule has 4 aliphatic carbocycles. The number of rotatable bonds is 0. The Morgan fingerprint density at radius 2 is 1.64 bits per heavy atom. The molecule has 2 N–H and O–H groups in total. The lowest BCUT2D eigenvalue weighted by Crippen LogP contribution is -2.56. The lowest BCUT2D eigenvalue weighted by atomic mass is 9.43. The van der Waals surface area contributed by atoms with E-state index in [1.54, 1.807) is 5.57 Å². The average molecular weight is 304 g/mol. The molecule has 2 heteroatoms. The van der Waals surface area contributed by atoms with E-state index in [0.29, 0.717) is 11.3 Å². The Morgan fingerprint density at radius 3 is 2.41 bits per heavy atom. The Hall–Kier alpha value is -0.340. The molecule has 0 aliphatic heterocycles. The molecule has 124 valence electrons. The van der Waals surface area contributed by atoms with Gasteiger partial charge in [-0.25, -0.2) is 0 Å². The Morgan fingerprint density at radius 1 is 0.909 bits per heavy atom. The summed E-state index contributed by atoms with van der Waals surface area (Å²) in [6, 6.07) is 0. The van der Waals surface area contributed by atoms with E-state index in [0.717, 1.165) is 31.6 Å². The fourth-order valence-electron chi connectivity index (χ4n) is 7.00. The van der Waals surface area contributed by atoms with Crippen LogP contribution in [0.5, 0.6) is 0 Å². The van der Waals surface area contributed by atoms with Crippen molar-refractivity contribution in [1.29, 1.82) is 0 Å². The smallest absolute Gasteiger partial charge is 0.0599 e. The highest BCUT2D eigenvalue weighted by molar-refractivity contribution is 5.26. The number of hydrogen-bond acceptors (Lipinski definition) is 2. The largest absolute Gasteiger partial charge is 0.393 e. The molecule has 0 aromatic heterocycles. The number of allylic oxidation sites excluding steroid dienone is 1. The standard InChI is InChI=1S/C20H32O2/c1-18-9-6-14(21)12-13(18)4-5-16-15(18)7-10-20(3)17(22)8-11-19(16,20)2/h4,14-17,21-22H,5-12H2,1-3H3/t14-,15+,16-,17+,18-,19+,20+/m0/s1. The second kappa shape index (κ2) is 4.60. The minimum Gasteiger partial charge on any atom is -0.393 e. The molecule has 0 heterocycles. The maximum atomic E-state index is 10.6. The van der Waals surface area contributed by atoms with Gasteiger partial charge in [0.05, 0.1) is 12.2 Å². The van der Waals surface area contributed by atoms with Gasteiger partial charge in [0.25, 0.3) is 0 Å². The Labute approximate surface area is 135 Å². The van der Waals surface area contributed by atoms with Crippen LogP contribution in [-0.4, -0.2) is 22.4 Å². The highest BCUT2D eigenvalue weighted by Gasteiger charge is 2.64. The first-order valence-corrected chi connectivity index (χ1v) is 9.37. The second-order valence-electron chi connectivity index (χ2n) is 9.42. The van der Waals surface area contributed by atoms with Gasteiger partial charge in [-0.15, -0.1) is 0 Å². The zero-order valence-corrected chi connectivity index (χ0v) is 14.4. The van der Waals surface area contributed by atoms with E-state index in [-0.39, 0.29) is 23.0 Å². The van der Waals surface area contributed by atoms with Crippen molar-refractivity contribution in [3.8, 4) is 0 Å². The molecule has 7 atom stereocenters. The molecule has 3 saturated carbocycles. The topological polar surface area (TPSA) is 40.5 Å². The van der Waals surface area contributed by atoms with E-state index in [1.807, 2.05) is 0 Å². The predicted octanol–water partition coefficient (Wildman–Crippen LogP) is 4.06. The highest BCUT2D eigenvalue weighted by atomic mass is 16.3. The average Bonchev–Trinajstić information content (AvgIpc) is 2.72. The van der Waals surface area contributed by atoms with Crippen molar-refractivity contribution in [2.45, 2.75) is 84.3 Å². The molecular formula is C20H32O2. The number of hydrogen-bond donors (Lipinski definition) is 2. The zero-order valence-electron chi connectivity index (χ0n) is 14.4. The minimum atomic E-state index is -0.117. The maximum Gasteiger partial charge on any atom is 0.0599 e. The van der Waals surface area contributed by atoms with Crippen LogP contribution >= 0.6 is 0 Å². The minimum absolute atomic E-state index is 0.107. The van der Waals surface area contributed by atoms with E-state index >= 15 is 0 Å². The summed E-state index contributed by atoms with van der Waals surface area (Å²) in [5.74, 6) is 1.47. The molecule has 0 radical (unpaired) electrons. The third-order valence-corrected chi connectivity index (χ3v) is 8.88. The van der Waals surface area contributed by atoms with Gasteiger partial charge < -0.3 is 10.2 Å². The number of aliphatic hydroxyl groups excluding tert-OH is 2. The lowest BCUT2D eigenvalue weighted by Gasteiger charge is -2.62. The van der Waals surface area contributed by atoms with Gasteiger partial charge in [0.2, 0.25) is 0 Å². The quantitative estimate of drug-likeness (QED) is 0.663. The van der Waals surface area contributed by atoms with Crippen molar-refractivity contribution in [2.24, 2.45) is 28.1 Å². The maximum absolute atomic E-state index is 10.6. The summed E-state index contributed by atoms with van der Waals surface area (Å²) in [6.45, 7) is 7.30. The number of fused-ring (bicyclic) bond motifs is 5. The van der Waals surface area contributed by atoms with Crippen LogP contribution < -0.4 is 0 Å². The molecule has 4 rings (SSSR count). The summed E-state index contributed by atoms with van der Waals surface area (Å²) in [4.78, 5) is 0. The van der Waals surface area contributed by atoms with Gasteiger partial charge in [0.15, 0.2) is 0 Å². The Balaban J connectivity index is 1.73. The molecule has 0 bridgehead atoms. The first-order valence-electron chi connectivity index (χ1n) is 9.37. The van der Waals surface area contributed by atoms with E-state index in [9.17, 15) is 10.2 Å². The van der Waals surface area contributed by atoms with Gasteiger partial charge >= 0.3 is 0 Å². The van der Waals surface area contributed by atoms with Gasteiger partial charge in [-0.3, -0.25) is 0 Å². The van der Waals surface area contributed by atoms with Crippen LogP contribution in [-0.2, 0) is 0 Å². The van der Waals surface area contributed by atoms with Crippen LogP contribution in [0.4, 0.5) is 0 Å². The number of aliphatic hydroxyl groups is 2. The van der Waals surface area contributed by atoms with Crippen molar-refractivity contribution in [1.82, 2.24) is 0 Å². The van der Waals surface area contributed by atoms with Gasteiger partial charge in [-0.2, -0.15) is 0 Å². The van der Waals surface area contributed by atoms with Crippen molar-refractivity contribution in [2.75, 3.05) is 0 Å². The molecule has 0 aromatic rings. The molecule has 0 aromatic carbocycles. The first kappa shape index (κ1) is 15.2. The fraction of sp³-hybridized carbons (Fsp3) is 0.900. The first-order chi connectivity index (χ1) is 10.3. The van der Waals surface area contributed by atoms with Crippen molar-refractivity contribution in [3.05, 3.63) is 11.6 Å². The lowest BCUT2D eigenvalue weighted by molar-refractivity contribution is -0.124. The predicted molar refractivity (Wildman–Crippen MR) is 88.3 cm³/mol. The molecule has 2 nitrogen and oxygen atoms in total. The van der Waals surface area contributed by atoms with Crippen molar-refractivity contribution >= 4 is 0 Å². The summed E-state index contributed by atoms with van der Waals surface area (Å²) in [6.07, 6.45) is 11.1. The van der Waals surface area contributed by atoms with E-state index < -0.39 is 0 Å². The van der Waals surface area contributed by atoms with Gasteiger partial charge in [-0.05, 0) is 79.4 Å². The van der Waals surface area contributed by atoms with E-state index in [4.69, 9.17) is 0 Å². The molecule has 22 heavy (non-hydrogen) atoms. The summed E-state index contributed by atoms with van der Waals surface area (Å²) in [5.41, 5.74) is 2.25. The van der Waals surface area contributed by atoms with Crippen LogP contribution in [0, 0.1) is 28.1 Å². The summed E-state index contributed by atoms with van der Waals surface area (Å²) < 4.78 is 0. The monoisotopic (exact) mass is 304 g/mol. The Bertz CT molecular complexity index is 512. The van der Waals surface area contributed by atoms with Gasteiger partial charge in [0.1, 0.15) is 0 Å². The van der Waals surface area contributed by atoms with Gasteiger partial charge in [0, 0.05) is 0 Å². The molecular weight excluding hydrogens is 272 g/mol. The van der Waals surface area contributed by atoms with Crippen LogP contribution in [0.15, 0.2) is 11.6 Å². The normalized spacial score (nSPS) is 57.6. The van der Waals surface area contributed by atoms with Crippen LogP contribution in [0.25, 0.3) is 0 Å². The third-order valence-electron chi connectivity index (χ3n) is 8.88. The molecule has 0 amide bonds. The summed E-state index contributed by atoms with van der Waals surface area (Å²) >= 11 is 0. The van der Waals surface area contributed by atoms with E-state index in [1.165, 1.54) is 25.7 Å². The van der Waals surface area contributed by atoms with Crippen molar-refractivity contribution < 1.29 is 10.2 Å². The van der Waals surface area contributed by atoms with Crippen LogP contribution in [0.3, 0.4) is 0 Å². The summed E-state index contributed by atoms with van der Waals surface area (Å²) in [5, 5.41) is 20.7. The second-order valence-corrected chi connectivity index (χ2v) is 9.42. The molecule has 3 fully saturated rings. The molecule has 0 spiro atoms. The highest BCUT2D eigenvalue weighted by Crippen LogP contribution is 2.70. The molecule has 4 aliphatic rings. The van der Waals surface area contributed by atoms with Crippen molar-refractivity contribution in [3.63, 3.8) is 0 Å². The van der Waals surface area contributed by atoms with Crippen LogP contribution in [0.1, 0.15) is 72.1 Å². The van der Waals surface area contributed by atoms with Crippen LogP contribution in [0.2, 0.25) is 0 Å². The fourth-order valence-corrected chi connectivity index (χ4v) is 7.00. The SMILES string of the molecule is C[C@]12CC[C@H](O)CC1=CC[C@H]1[C@H]2CC[C@]2(C)[C@H](O)CC[C@]12C. The van der Waals surface area contributed by atoms with E-state index in [2.05, 4.69) is 26.8 Å². The summed E-state index contributed by atoms with van der Waals surface area (Å²) in [7, 11) is 0. The third kappa shape index (κ3) is 1.69.